The number of esters is 1. The Morgan fingerprint density at radius 1 is 0.897 bits per heavy atom. The highest BCUT2D eigenvalue weighted by Gasteiger charge is 2.15. The Labute approximate surface area is 177 Å². The zero-order valence-corrected chi connectivity index (χ0v) is 18.8. The van der Waals surface area contributed by atoms with Gasteiger partial charge in [-0.05, 0) is 39.2 Å². The number of ether oxygens (including phenoxy) is 2. The Morgan fingerprint density at radius 2 is 1.45 bits per heavy atom. The van der Waals surface area contributed by atoms with Crippen molar-refractivity contribution in [2.75, 3.05) is 13.2 Å². The van der Waals surface area contributed by atoms with Gasteiger partial charge in [-0.3, -0.25) is 4.79 Å². The molecule has 0 saturated carbocycles. The van der Waals surface area contributed by atoms with E-state index in [9.17, 15) is 9.59 Å². The van der Waals surface area contributed by atoms with Gasteiger partial charge in [-0.2, -0.15) is 0 Å². The molecule has 5 heteroatoms. The quantitative estimate of drug-likeness (QED) is 0.186. The predicted octanol–water partition coefficient (Wildman–Crippen LogP) is 6.25. The molecule has 29 heavy (non-hydrogen) atoms. The summed E-state index contributed by atoms with van der Waals surface area (Å²) < 4.78 is 10.4. The third-order valence-corrected chi connectivity index (χ3v) is 4.22. The highest BCUT2D eigenvalue weighted by molar-refractivity contribution is 5.69. The molecule has 0 heterocycles. The molecule has 0 aliphatic heterocycles. The minimum Gasteiger partial charge on any atom is -0.461 e. The van der Waals surface area contributed by atoms with Gasteiger partial charge in [0, 0.05) is 13.0 Å². The summed E-state index contributed by atoms with van der Waals surface area (Å²) >= 11 is 0. The van der Waals surface area contributed by atoms with Gasteiger partial charge in [-0.25, -0.2) is 4.79 Å². The molecule has 1 N–H and O–H groups in total. The van der Waals surface area contributed by atoms with Crippen molar-refractivity contribution < 1.29 is 19.1 Å². The van der Waals surface area contributed by atoms with E-state index >= 15 is 0 Å². The zero-order valence-electron chi connectivity index (χ0n) is 18.8. The topological polar surface area (TPSA) is 64.6 Å². The van der Waals surface area contributed by atoms with Crippen molar-refractivity contribution in [3.05, 3.63) is 37.0 Å². The molecule has 0 unspecified atom stereocenters. The second kappa shape index (κ2) is 16.9. The van der Waals surface area contributed by atoms with Gasteiger partial charge in [0.25, 0.3) is 0 Å². The van der Waals surface area contributed by atoms with Crippen LogP contribution in [-0.2, 0) is 14.3 Å². The fraction of sp³-hybridized carbons (Fsp3) is 0.667. The molecule has 0 bridgehead atoms. The Kier molecular flexibility index (Phi) is 15.7. The van der Waals surface area contributed by atoms with Crippen LogP contribution < -0.4 is 5.32 Å². The van der Waals surface area contributed by atoms with Crippen molar-refractivity contribution in [2.45, 2.75) is 90.6 Å². The molecular formula is C24H41NO4. The van der Waals surface area contributed by atoms with Crippen LogP contribution >= 0.6 is 0 Å². The largest absolute Gasteiger partial charge is 0.461 e. The number of carbonyl (C=O) groups is 2. The summed E-state index contributed by atoms with van der Waals surface area (Å²) in [7, 11) is 0. The number of nitrogens with one attached hydrogen (secondary N) is 1. The van der Waals surface area contributed by atoms with Crippen molar-refractivity contribution in [1.82, 2.24) is 5.32 Å². The van der Waals surface area contributed by atoms with Crippen molar-refractivity contribution in [1.29, 1.82) is 0 Å². The molecule has 166 valence electrons. The van der Waals surface area contributed by atoms with Crippen LogP contribution in [0.15, 0.2) is 37.0 Å². The molecule has 1 amide bonds. The molecule has 0 rings (SSSR count). The molecule has 5 nitrogen and oxygen atoms in total. The molecule has 0 atom stereocenters. The number of unbranched alkanes of at least 4 members (excludes halogenated alkanes) is 8. The van der Waals surface area contributed by atoms with Gasteiger partial charge in [-0.15, -0.1) is 0 Å². The third-order valence-electron chi connectivity index (χ3n) is 4.22. The zero-order chi connectivity index (χ0) is 22.0. The van der Waals surface area contributed by atoms with E-state index in [2.05, 4.69) is 18.5 Å². The van der Waals surface area contributed by atoms with E-state index in [0.29, 0.717) is 13.0 Å². The number of hydrogen-bond acceptors (Lipinski definition) is 4. The minimum absolute atomic E-state index is 0.151. The summed E-state index contributed by atoms with van der Waals surface area (Å²) in [6, 6.07) is 0. The number of alkyl carbamates (subject to hydrolysis) is 1. The number of hydrogen-bond donors (Lipinski definition) is 1. The lowest BCUT2D eigenvalue weighted by Crippen LogP contribution is -2.32. The summed E-state index contributed by atoms with van der Waals surface area (Å²) in [5.41, 5.74) is 0.413. The standard InChI is InChI=1S/C24H41NO4/c1-6-17-21(7-2)20-28-22(26)18-15-13-11-9-8-10-12-14-16-19-25-23(27)29-24(3,4)5/h6-7,17H,1-2,8-16,18-20H2,3-5H3,(H,25,27)/b21-17+. The van der Waals surface area contributed by atoms with Crippen molar-refractivity contribution >= 4 is 12.1 Å². The van der Waals surface area contributed by atoms with Crippen molar-refractivity contribution in [3.8, 4) is 0 Å². The Balaban J connectivity index is 3.42. The lowest BCUT2D eigenvalue weighted by Gasteiger charge is -2.19. The van der Waals surface area contributed by atoms with Crippen LogP contribution in [0.3, 0.4) is 0 Å². The van der Waals surface area contributed by atoms with Crippen LogP contribution in [-0.4, -0.2) is 30.8 Å². The maximum atomic E-state index is 11.7. The van der Waals surface area contributed by atoms with Crippen LogP contribution in [0.4, 0.5) is 4.79 Å². The lowest BCUT2D eigenvalue weighted by molar-refractivity contribution is -0.142. The summed E-state index contributed by atoms with van der Waals surface area (Å²) in [4.78, 5) is 23.2. The van der Waals surface area contributed by atoms with E-state index in [-0.39, 0.29) is 18.7 Å². The normalized spacial score (nSPS) is 11.6. The number of amides is 1. The summed E-state index contributed by atoms with van der Waals surface area (Å²) in [5, 5.41) is 2.79. The first-order valence-electron chi connectivity index (χ1n) is 10.8. The molecule has 0 aromatic rings. The van der Waals surface area contributed by atoms with Crippen molar-refractivity contribution in [2.24, 2.45) is 0 Å². The van der Waals surface area contributed by atoms with Gasteiger partial charge in [-0.1, -0.05) is 76.3 Å². The van der Waals surface area contributed by atoms with Gasteiger partial charge in [0.1, 0.15) is 12.2 Å². The van der Waals surface area contributed by atoms with Crippen LogP contribution in [0.2, 0.25) is 0 Å². The highest BCUT2D eigenvalue weighted by atomic mass is 16.6. The molecule has 0 radical (unpaired) electrons. The highest BCUT2D eigenvalue weighted by Crippen LogP contribution is 2.11. The van der Waals surface area contributed by atoms with E-state index in [0.717, 1.165) is 37.7 Å². The van der Waals surface area contributed by atoms with Gasteiger partial charge in [0.05, 0.1) is 0 Å². The second-order valence-electron chi connectivity index (χ2n) is 8.20. The van der Waals surface area contributed by atoms with Crippen LogP contribution in [0, 0.1) is 0 Å². The maximum Gasteiger partial charge on any atom is 0.407 e. The Hall–Kier alpha value is -2.04. The SMILES string of the molecule is C=C/C=C(\C=C)COC(=O)CCCCCCCCCCCNC(=O)OC(C)(C)C. The monoisotopic (exact) mass is 407 g/mol. The van der Waals surface area contributed by atoms with Gasteiger partial charge in [0.15, 0.2) is 0 Å². The maximum absolute atomic E-state index is 11.7. The summed E-state index contributed by atoms with van der Waals surface area (Å²) in [5.74, 6) is -0.151. The number of allylic oxidation sites excluding steroid dienone is 2. The fourth-order valence-corrected chi connectivity index (χ4v) is 2.70. The van der Waals surface area contributed by atoms with E-state index in [4.69, 9.17) is 9.47 Å². The average Bonchev–Trinajstić information content (AvgIpc) is 2.64. The first-order chi connectivity index (χ1) is 13.8. The van der Waals surface area contributed by atoms with Crippen LogP contribution in [0.25, 0.3) is 0 Å². The second-order valence-corrected chi connectivity index (χ2v) is 8.20. The minimum atomic E-state index is -0.442. The van der Waals surface area contributed by atoms with Gasteiger partial charge in [0.2, 0.25) is 0 Å². The summed E-state index contributed by atoms with van der Waals surface area (Å²) in [6.45, 7) is 13.8. The first-order valence-corrected chi connectivity index (χ1v) is 10.8. The Morgan fingerprint density at radius 3 is 1.97 bits per heavy atom. The number of carbonyl (C=O) groups excluding carboxylic acids is 2. The van der Waals surface area contributed by atoms with E-state index in [1.54, 1.807) is 18.2 Å². The fourth-order valence-electron chi connectivity index (χ4n) is 2.70. The van der Waals surface area contributed by atoms with E-state index in [1.165, 1.54) is 25.7 Å². The predicted molar refractivity (Wildman–Crippen MR) is 120 cm³/mol. The van der Waals surface area contributed by atoms with Crippen LogP contribution in [0.5, 0.6) is 0 Å². The molecule has 0 aromatic carbocycles. The lowest BCUT2D eigenvalue weighted by atomic mass is 10.1. The van der Waals surface area contributed by atoms with Crippen molar-refractivity contribution in [3.63, 3.8) is 0 Å². The Bertz CT molecular complexity index is 517. The van der Waals surface area contributed by atoms with Crippen LogP contribution in [0.1, 0.15) is 85.0 Å². The molecular weight excluding hydrogens is 366 g/mol. The first kappa shape index (κ1) is 27.0. The smallest absolute Gasteiger partial charge is 0.407 e. The molecule has 0 aliphatic rings. The van der Waals surface area contributed by atoms with Gasteiger partial charge >= 0.3 is 12.1 Å². The van der Waals surface area contributed by atoms with Gasteiger partial charge < -0.3 is 14.8 Å². The van der Waals surface area contributed by atoms with E-state index < -0.39 is 5.60 Å². The molecule has 0 fully saturated rings. The molecule has 0 aliphatic carbocycles. The molecule has 0 saturated heterocycles. The third kappa shape index (κ3) is 19.1. The number of rotatable bonds is 16. The summed E-state index contributed by atoms with van der Waals surface area (Å²) in [6.07, 6.45) is 15.3. The molecule has 0 aromatic heterocycles. The average molecular weight is 408 g/mol. The van der Waals surface area contributed by atoms with E-state index in [1.807, 2.05) is 20.8 Å². The molecule has 0 spiro atoms.